The molecule has 0 aromatic heterocycles. The first-order valence-corrected chi connectivity index (χ1v) is 6.19. The number of carbonyl (C=O) groups excluding carboxylic acids is 1. The number of carbonyl (C=O) groups is 1. The van der Waals surface area contributed by atoms with Crippen LogP contribution in [0.15, 0.2) is 18.2 Å². The molecule has 0 aliphatic rings. The van der Waals surface area contributed by atoms with Crippen LogP contribution in [0.2, 0.25) is 0 Å². The molecule has 0 aliphatic carbocycles. The van der Waals surface area contributed by atoms with Gasteiger partial charge in [0.15, 0.2) is 0 Å². The Kier molecular flexibility index (Phi) is 5.24. The zero-order valence-corrected chi connectivity index (χ0v) is 10.6. The average molecular weight is 218 g/mol. The second-order valence-corrected chi connectivity index (χ2v) is 4.56. The summed E-state index contributed by atoms with van der Waals surface area (Å²) in [6, 6.07) is 6.47. The summed E-state index contributed by atoms with van der Waals surface area (Å²) < 4.78 is 0. The van der Waals surface area contributed by atoms with Crippen LogP contribution in [0.1, 0.15) is 42.9 Å². The normalized spacial score (nSPS) is 12.4. The highest BCUT2D eigenvalue weighted by Crippen LogP contribution is 2.17. The number of rotatable bonds is 6. The Balaban J connectivity index is 2.49. The van der Waals surface area contributed by atoms with E-state index in [0.29, 0.717) is 0 Å². The molecule has 88 valence electrons. The summed E-state index contributed by atoms with van der Waals surface area (Å²) in [7, 11) is 0. The molecule has 1 unspecified atom stereocenters. The number of hydrogen-bond acceptors (Lipinski definition) is 1. The van der Waals surface area contributed by atoms with E-state index < -0.39 is 0 Å². The van der Waals surface area contributed by atoms with Gasteiger partial charge in [0.1, 0.15) is 6.29 Å². The summed E-state index contributed by atoms with van der Waals surface area (Å²) in [4.78, 5) is 10.7. The van der Waals surface area contributed by atoms with E-state index in [4.69, 9.17) is 0 Å². The maximum Gasteiger partial charge on any atom is 0.123 e. The molecule has 1 aromatic carbocycles. The van der Waals surface area contributed by atoms with Gasteiger partial charge in [-0.25, -0.2) is 0 Å². The Hall–Kier alpha value is -1.11. The monoisotopic (exact) mass is 218 g/mol. The van der Waals surface area contributed by atoms with Gasteiger partial charge in [-0.3, -0.25) is 0 Å². The van der Waals surface area contributed by atoms with Crippen molar-refractivity contribution in [2.45, 2.75) is 46.5 Å². The fourth-order valence-corrected chi connectivity index (χ4v) is 2.01. The molecule has 0 spiro atoms. The van der Waals surface area contributed by atoms with Gasteiger partial charge < -0.3 is 4.79 Å². The molecule has 0 saturated heterocycles. The van der Waals surface area contributed by atoms with E-state index in [0.717, 1.165) is 32.0 Å². The lowest BCUT2D eigenvalue weighted by molar-refractivity contribution is -0.111. The lowest BCUT2D eigenvalue weighted by Gasteiger charge is -2.10. The van der Waals surface area contributed by atoms with E-state index in [1.165, 1.54) is 16.7 Å². The second kappa shape index (κ2) is 6.47. The summed E-state index contributed by atoms with van der Waals surface area (Å²) in [6.07, 6.45) is 5.30. The minimum absolute atomic E-state index is 0.255. The minimum atomic E-state index is 0.255. The smallest absolute Gasteiger partial charge is 0.123 e. The quantitative estimate of drug-likeness (QED) is 0.663. The molecule has 0 N–H and O–H groups in total. The summed E-state index contributed by atoms with van der Waals surface area (Å²) >= 11 is 0. The van der Waals surface area contributed by atoms with Crippen LogP contribution in [-0.2, 0) is 11.2 Å². The lowest BCUT2D eigenvalue weighted by atomic mass is 9.95. The van der Waals surface area contributed by atoms with Crippen LogP contribution in [0, 0.1) is 19.8 Å². The number of aryl methyl sites for hydroxylation is 2. The Morgan fingerprint density at radius 3 is 2.69 bits per heavy atom. The highest BCUT2D eigenvalue weighted by Gasteiger charge is 2.05. The van der Waals surface area contributed by atoms with Gasteiger partial charge in [-0.2, -0.15) is 0 Å². The molecule has 0 radical (unpaired) electrons. The number of aldehydes is 1. The predicted molar refractivity (Wildman–Crippen MR) is 68.7 cm³/mol. The molecule has 0 heterocycles. The van der Waals surface area contributed by atoms with Crippen molar-refractivity contribution < 1.29 is 4.79 Å². The first kappa shape index (κ1) is 13.0. The average Bonchev–Trinajstić information content (AvgIpc) is 2.30. The minimum Gasteiger partial charge on any atom is -0.303 e. The molecule has 0 amide bonds. The fraction of sp³-hybridized carbons (Fsp3) is 0.533. The number of benzene rings is 1. The van der Waals surface area contributed by atoms with Crippen molar-refractivity contribution in [1.82, 2.24) is 0 Å². The molecule has 1 rings (SSSR count). The van der Waals surface area contributed by atoms with Crippen LogP contribution in [0.4, 0.5) is 0 Å². The van der Waals surface area contributed by atoms with Crippen LogP contribution < -0.4 is 0 Å². The van der Waals surface area contributed by atoms with Gasteiger partial charge in [-0.15, -0.1) is 0 Å². The van der Waals surface area contributed by atoms with Crippen LogP contribution in [-0.4, -0.2) is 6.29 Å². The molecule has 0 aliphatic heterocycles. The van der Waals surface area contributed by atoms with E-state index in [1.807, 2.05) is 0 Å². The van der Waals surface area contributed by atoms with Crippen LogP contribution >= 0.6 is 0 Å². The van der Waals surface area contributed by atoms with Crippen molar-refractivity contribution in [3.05, 3.63) is 34.9 Å². The van der Waals surface area contributed by atoms with Crippen molar-refractivity contribution in [3.8, 4) is 0 Å². The molecular formula is C15H22O. The Morgan fingerprint density at radius 2 is 2.06 bits per heavy atom. The van der Waals surface area contributed by atoms with E-state index in [2.05, 4.69) is 39.0 Å². The SMILES string of the molecule is CCC(C=O)CCCc1cccc(C)c1C. The Bertz CT molecular complexity index is 341. The van der Waals surface area contributed by atoms with E-state index >= 15 is 0 Å². The maximum atomic E-state index is 10.7. The molecule has 0 fully saturated rings. The molecule has 1 nitrogen and oxygen atoms in total. The van der Waals surface area contributed by atoms with Gasteiger partial charge in [-0.1, -0.05) is 25.1 Å². The maximum absolute atomic E-state index is 10.7. The third-order valence-corrected chi connectivity index (χ3v) is 3.45. The van der Waals surface area contributed by atoms with Crippen LogP contribution in [0.25, 0.3) is 0 Å². The standard InChI is InChI=1S/C15H22O/c1-4-14(11-16)8-6-10-15-9-5-7-12(2)13(15)3/h5,7,9,11,14H,4,6,8,10H2,1-3H3. The molecule has 1 atom stereocenters. The van der Waals surface area contributed by atoms with Gasteiger partial charge in [-0.05, 0) is 56.2 Å². The van der Waals surface area contributed by atoms with Crippen molar-refractivity contribution in [2.75, 3.05) is 0 Å². The molecule has 0 bridgehead atoms. The predicted octanol–water partition coefficient (Wildman–Crippen LogP) is 3.85. The highest BCUT2D eigenvalue weighted by molar-refractivity contribution is 5.53. The van der Waals surface area contributed by atoms with E-state index in [9.17, 15) is 4.79 Å². The summed E-state index contributed by atoms with van der Waals surface area (Å²) in [5.41, 5.74) is 4.20. The first-order valence-electron chi connectivity index (χ1n) is 6.19. The first-order chi connectivity index (χ1) is 7.69. The molecule has 1 heteroatoms. The topological polar surface area (TPSA) is 17.1 Å². The third kappa shape index (κ3) is 3.48. The van der Waals surface area contributed by atoms with E-state index in [-0.39, 0.29) is 5.92 Å². The molecular weight excluding hydrogens is 196 g/mol. The van der Waals surface area contributed by atoms with Crippen LogP contribution in [0.3, 0.4) is 0 Å². The highest BCUT2D eigenvalue weighted by atomic mass is 16.1. The zero-order chi connectivity index (χ0) is 12.0. The molecule has 16 heavy (non-hydrogen) atoms. The summed E-state index contributed by atoms with van der Waals surface area (Å²) in [5.74, 6) is 0.255. The van der Waals surface area contributed by atoms with Gasteiger partial charge in [0.25, 0.3) is 0 Å². The third-order valence-electron chi connectivity index (χ3n) is 3.45. The fourth-order valence-electron chi connectivity index (χ4n) is 2.01. The van der Waals surface area contributed by atoms with Gasteiger partial charge in [0, 0.05) is 5.92 Å². The van der Waals surface area contributed by atoms with Crippen molar-refractivity contribution >= 4 is 6.29 Å². The van der Waals surface area contributed by atoms with Gasteiger partial charge in [0.05, 0.1) is 0 Å². The summed E-state index contributed by atoms with van der Waals surface area (Å²) in [5, 5.41) is 0. The largest absolute Gasteiger partial charge is 0.303 e. The Morgan fingerprint density at radius 1 is 1.31 bits per heavy atom. The van der Waals surface area contributed by atoms with Crippen molar-refractivity contribution in [2.24, 2.45) is 5.92 Å². The second-order valence-electron chi connectivity index (χ2n) is 4.56. The number of hydrogen-bond donors (Lipinski definition) is 0. The van der Waals surface area contributed by atoms with E-state index in [1.54, 1.807) is 0 Å². The Labute approximate surface area is 98.9 Å². The molecule has 1 aromatic rings. The van der Waals surface area contributed by atoms with Gasteiger partial charge in [0.2, 0.25) is 0 Å². The summed E-state index contributed by atoms with van der Waals surface area (Å²) in [6.45, 7) is 6.41. The van der Waals surface area contributed by atoms with Crippen molar-refractivity contribution in [1.29, 1.82) is 0 Å². The van der Waals surface area contributed by atoms with Gasteiger partial charge >= 0.3 is 0 Å². The van der Waals surface area contributed by atoms with Crippen molar-refractivity contribution in [3.63, 3.8) is 0 Å². The lowest BCUT2D eigenvalue weighted by Crippen LogP contribution is -2.01. The molecule has 0 saturated carbocycles. The zero-order valence-electron chi connectivity index (χ0n) is 10.6. The van der Waals surface area contributed by atoms with Crippen LogP contribution in [0.5, 0.6) is 0 Å².